The molecule has 0 aliphatic carbocycles. The molecule has 0 fully saturated rings. The number of rotatable bonds is 3. The summed E-state index contributed by atoms with van der Waals surface area (Å²) in [4.78, 5) is 10.9. The lowest BCUT2D eigenvalue weighted by atomic mass is 10.1. The molecule has 0 heterocycles. The van der Waals surface area contributed by atoms with Gasteiger partial charge in [-0.3, -0.25) is 4.79 Å². The minimum atomic E-state index is 0.638. The van der Waals surface area contributed by atoms with Crippen LogP contribution in [-0.4, -0.2) is 6.29 Å². The summed E-state index contributed by atoms with van der Waals surface area (Å²) >= 11 is 0. The monoisotopic (exact) mass is 238 g/mol. The molecule has 0 radical (unpaired) electrons. The van der Waals surface area contributed by atoms with E-state index in [9.17, 15) is 4.79 Å². The highest BCUT2D eigenvalue weighted by Crippen LogP contribution is 2.07. The molecule has 0 saturated carbocycles. The molecule has 0 bridgehead atoms. The second-order valence-electron chi connectivity index (χ2n) is 4.07. The fourth-order valence-corrected chi connectivity index (χ4v) is 1.44. The first kappa shape index (κ1) is 14.1. The summed E-state index contributed by atoms with van der Waals surface area (Å²) in [6, 6.07) is 5.56. The van der Waals surface area contributed by atoms with Crippen molar-refractivity contribution < 1.29 is 4.79 Å². The van der Waals surface area contributed by atoms with E-state index in [1.807, 2.05) is 6.07 Å². The molecule has 92 valence electrons. The number of hydrogen-bond donors (Lipinski definition) is 0. The van der Waals surface area contributed by atoms with E-state index in [1.54, 1.807) is 12.1 Å². The summed E-state index contributed by atoms with van der Waals surface area (Å²) in [5.74, 6) is 12.3. The van der Waals surface area contributed by atoms with Crippen molar-refractivity contribution in [1.82, 2.24) is 0 Å². The Morgan fingerprint density at radius 3 is 1.83 bits per heavy atom. The van der Waals surface area contributed by atoms with E-state index < -0.39 is 0 Å². The maximum absolute atomic E-state index is 10.9. The largest absolute Gasteiger partial charge is 0.298 e. The van der Waals surface area contributed by atoms with E-state index in [0.29, 0.717) is 5.56 Å². The van der Waals surface area contributed by atoms with Gasteiger partial charge in [-0.25, -0.2) is 0 Å². The Kier molecular flexibility index (Phi) is 6.37. The van der Waals surface area contributed by atoms with Crippen LogP contribution in [0.2, 0.25) is 0 Å². The van der Waals surface area contributed by atoms with Crippen LogP contribution in [0.25, 0.3) is 0 Å². The molecular weight excluding hydrogens is 220 g/mol. The lowest BCUT2D eigenvalue weighted by Crippen LogP contribution is -1.86. The summed E-state index contributed by atoms with van der Waals surface area (Å²) in [7, 11) is 0. The number of unbranched alkanes of at least 4 members (excludes halogenated alkanes) is 2. The first-order chi connectivity index (χ1) is 8.80. The Labute approximate surface area is 110 Å². The molecule has 1 aromatic carbocycles. The Bertz CT molecular complexity index is 476. The van der Waals surface area contributed by atoms with Gasteiger partial charge in [0.1, 0.15) is 6.29 Å². The van der Waals surface area contributed by atoms with Gasteiger partial charge in [-0.1, -0.05) is 37.5 Å². The van der Waals surface area contributed by atoms with Crippen molar-refractivity contribution in [2.24, 2.45) is 0 Å². The van der Waals surface area contributed by atoms with E-state index in [-0.39, 0.29) is 0 Å². The molecule has 0 aliphatic heterocycles. The number of carbonyl (C=O) groups excluding carboxylic acids is 1. The molecule has 0 amide bonds. The van der Waals surface area contributed by atoms with Crippen LogP contribution in [0.4, 0.5) is 0 Å². The zero-order chi connectivity index (χ0) is 13.2. The van der Waals surface area contributed by atoms with Gasteiger partial charge in [0.25, 0.3) is 0 Å². The minimum Gasteiger partial charge on any atom is -0.298 e. The zero-order valence-corrected chi connectivity index (χ0v) is 11.0. The van der Waals surface area contributed by atoms with Gasteiger partial charge in [0.2, 0.25) is 0 Å². The van der Waals surface area contributed by atoms with Gasteiger partial charge in [0.05, 0.1) is 0 Å². The smallest absolute Gasteiger partial charge is 0.150 e. The first-order valence-corrected chi connectivity index (χ1v) is 6.38. The summed E-state index contributed by atoms with van der Waals surface area (Å²) in [6.07, 6.45) is 4.69. The van der Waals surface area contributed by atoms with Crippen molar-refractivity contribution in [3.63, 3.8) is 0 Å². The van der Waals surface area contributed by atoms with Crippen LogP contribution >= 0.6 is 0 Å². The third kappa shape index (κ3) is 4.89. The molecule has 0 atom stereocenters. The molecule has 1 rings (SSSR count). The lowest BCUT2D eigenvalue weighted by molar-refractivity contribution is 0.112. The van der Waals surface area contributed by atoms with Crippen LogP contribution in [0.15, 0.2) is 18.2 Å². The molecule has 1 aromatic rings. The van der Waals surface area contributed by atoms with Crippen LogP contribution in [0.1, 0.15) is 61.0 Å². The predicted molar refractivity (Wildman–Crippen MR) is 75.4 cm³/mol. The van der Waals surface area contributed by atoms with Crippen molar-refractivity contribution in [3.8, 4) is 23.7 Å². The number of benzene rings is 1. The molecule has 0 unspecified atom stereocenters. The third-order valence-electron chi connectivity index (χ3n) is 2.31. The lowest BCUT2D eigenvalue weighted by Gasteiger charge is -1.96. The standard InChI is InChI=1S/C17H18O/c1-3-5-7-9-15-11-16(10-8-6-4-2)13-17(12-15)14-18/h11-14H,3-6H2,1-2H3. The molecule has 0 aliphatic rings. The van der Waals surface area contributed by atoms with E-state index >= 15 is 0 Å². The van der Waals surface area contributed by atoms with Crippen molar-refractivity contribution in [2.45, 2.75) is 39.5 Å². The predicted octanol–water partition coefficient (Wildman–Crippen LogP) is 3.80. The number of carbonyl (C=O) groups is 1. The second-order valence-corrected chi connectivity index (χ2v) is 4.07. The van der Waals surface area contributed by atoms with Crippen molar-refractivity contribution in [1.29, 1.82) is 0 Å². The highest BCUT2D eigenvalue weighted by Gasteiger charge is 1.96. The van der Waals surface area contributed by atoms with Crippen LogP contribution in [-0.2, 0) is 0 Å². The second kappa shape index (κ2) is 8.15. The van der Waals surface area contributed by atoms with Crippen molar-refractivity contribution in [3.05, 3.63) is 34.9 Å². The van der Waals surface area contributed by atoms with Crippen molar-refractivity contribution in [2.75, 3.05) is 0 Å². The van der Waals surface area contributed by atoms with E-state index in [4.69, 9.17) is 0 Å². The molecule has 1 nitrogen and oxygen atoms in total. The van der Waals surface area contributed by atoms with Crippen molar-refractivity contribution >= 4 is 6.29 Å². The molecule has 0 aromatic heterocycles. The van der Waals surface area contributed by atoms with Gasteiger partial charge in [-0.15, -0.1) is 0 Å². The van der Waals surface area contributed by atoms with Crippen LogP contribution in [0, 0.1) is 23.7 Å². The Hall–Kier alpha value is -1.99. The molecular formula is C17H18O. The molecule has 0 N–H and O–H groups in total. The van der Waals surface area contributed by atoms with E-state index in [2.05, 4.69) is 37.5 Å². The highest BCUT2D eigenvalue weighted by molar-refractivity contribution is 5.76. The van der Waals surface area contributed by atoms with Gasteiger partial charge in [-0.2, -0.15) is 0 Å². The van der Waals surface area contributed by atoms with Gasteiger partial charge in [0.15, 0.2) is 0 Å². The summed E-state index contributed by atoms with van der Waals surface area (Å²) < 4.78 is 0. The first-order valence-electron chi connectivity index (χ1n) is 6.38. The van der Waals surface area contributed by atoms with Gasteiger partial charge in [-0.05, 0) is 31.0 Å². The molecule has 0 saturated heterocycles. The van der Waals surface area contributed by atoms with E-state index in [0.717, 1.165) is 43.1 Å². The average molecular weight is 238 g/mol. The topological polar surface area (TPSA) is 17.1 Å². The van der Waals surface area contributed by atoms with Crippen LogP contribution < -0.4 is 0 Å². The molecule has 18 heavy (non-hydrogen) atoms. The quantitative estimate of drug-likeness (QED) is 0.578. The normalized spacial score (nSPS) is 8.78. The molecule has 1 heteroatoms. The SMILES string of the molecule is CCCC#Cc1cc(C#CCCC)cc(C=O)c1. The summed E-state index contributed by atoms with van der Waals surface area (Å²) in [6.45, 7) is 4.19. The number of aldehydes is 1. The maximum atomic E-state index is 10.9. The summed E-state index contributed by atoms with van der Waals surface area (Å²) in [5, 5.41) is 0. The van der Waals surface area contributed by atoms with Crippen LogP contribution in [0.3, 0.4) is 0 Å². The summed E-state index contributed by atoms with van der Waals surface area (Å²) in [5.41, 5.74) is 2.38. The third-order valence-corrected chi connectivity index (χ3v) is 2.31. The Morgan fingerprint density at radius 1 is 0.944 bits per heavy atom. The van der Waals surface area contributed by atoms with Gasteiger partial charge < -0.3 is 0 Å². The van der Waals surface area contributed by atoms with Gasteiger partial charge >= 0.3 is 0 Å². The van der Waals surface area contributed by atoms with Crippen LogP contribution in [0.5, 0.6) is 0 Å². The minimum absolute atomic E-state index is 0.638. The fraction of sp³-hybridized carbons (Fsp3) is 0.353. The zero-order valence-electron chi connectivity index (χ0n) is 11.0. The number of hydrogen-bond acceptors (Lipinski definition) is 1. The van der Waals surface area contributed by atoms with Gasteiger partial charge in [0, 0.05) is 29.5 Å². The maximum Gasteiger partial charge on any atom is 0.150 e. The Morgan fingerprint density at radius 2 is 1.44 bits per heavy atom. The Balaban J connectivity index is 3.00. The van der Waals surface area contributed by atoms with E-state index in [1.165, 1.54) is 0 Å². The fourth-order valence-electron chi connectivity index (χ4n) is 1.44. The average Bonchev–Trinajstić information content (AvgIpc) is 2.39. The molecule has 0 spiro atoms. The highest BCUT2D eigenvalue weighted by atomic mass is 16.1.